The maximum absolute atomic E-state index is 11.0. The Labute approximate surface area is 142 Å². The van der Waals surface area contributed by atoms with Crippen LogP contribution in [0.2, 0.25) is 0 Å². The molecule has 0 aliphatic carbocycles. The third-order valence-corrected chi connectivity index (χ3v) is 5.65. The lowest BCUT2D eigenvalue weighted by Crippen LogP contribution is -2.17. The van der Waals surface area contributed by atoms with E-state index in [1.54, 1.807) is 0 Å². The van der Waals surface area contributed by atoms with Gasteiger partial charge < -0.3 is 9.84 Å². The number of hydrogen-bond donors (Lipinski definition) is 1. The van der Waals surface area contributed by atoms with E-state index < -0.39 is 12.0 Å². The third kappa shape index (κ3) is 3.84. The summed E-state index contributed by atoms with van der Waals surface area (Å²) in [5, 5.41) is 10.5. The first-order valence-electron chi connectivity index (χ1n) is 7.50. The van der Waals surface area contributed by atoms with Crippen molar-refractivity contribution >= 4 is 44.3 Å². The van der Waals surface area contributed by atoms with Crippen LogP contribution in [-0.2, 0) is 4.79 Å². The standard InChI is InChI=1S/C16H18N2O3S2/c1-9(2)5-6-21-10-3-4-11-13(7-10)23-15(17-11)14-18-12(8-22-14)16(19)20/h3-4,7,9,12H,5-6,8H2,1-2H3,(H,19,20). The molecule has 0 saturated carbocycles. The van der Waals surface area contributed by atoms with Gasteiger partial charge in [-0.15, -0.1) is 23.1 Å². The molecule has 0 fully saturated rings. The number of fused-ring (bicyclic) bond motifs is 1. The number of hydrogen-bond acceptors (Lipinski definition) is 6. The fraction of sp³-hybridized carbons (Fsp3) is 0.438. The highest BCUT2D eigenvalue weighted by atomic mass is 32.2. The molecule has 1 N–H and O–H groups in total. The zero-order chi connectivity index (χ0) is 16.4. The quantitative estimate of drug-likeness (QED) is 0.860. The molecule has 7 heteroatoms. The fourth-order valence-corrected chi connectivity index (χ4v) is 4.21. The van der Waals surface area contributed by atoms with Crippen molar-refractivity contribution in [3.05, 3.63) is 23.2 Å². The first-order valence-corrected chi connectivity index (χ1v) is 9.30. The van der Waals surface area contributed by atoms with Crippen LogP contribution in [0, 0.1) is 5.92 Å². The van der Waals surface area contributed by atoms with Crippen molar-refractivity contribution in [2.24, 2.45) is 10.9 Å². The lowest BCUT2D eigenvalue weighted by atomic mass is 10.1. The second kappa shape index (κ2) is 6.88. The Morgan fingerprint density at radius 2 is 2.30 bits per heavy atom. The minimum absolute atomic E-state index is 0.476. The van der Waals surface area contributed by atoms with E-state index in [2.05, 4.69) is 23.8 Å². The first-order chi connectivity index (χ1) is 11.0. The summed E-state index contributed by atoms with van der Waals surface area (Å²) in [5.41, 5.74) is 0.892. The minimum atomic E-state index is -0.880. The molecule has 2 heterocycles. The average Bonchev–Trinajstić information content (AvgIpc) is 3.13. The van der Waals surface area contributed by atoms with Gasteiger partial charge in [0.2, 0.25) is 0 Å². The molecule has 1 unspecified atom stereocenters. The average molecular weight is 350 g/mol. The Bertz CT molecular complexity index is 755. The van der Waals surface area contributed by atoms with Crippen LogP contribution in [0.5, 0.6) is 5.75 Å². The molecule has 0 amide bonds. The van der Waals surface area contributed by atoms with Crippen LogP contribution in [0.25, 0.3) is 10.2 Å². The monoisotopic (exact) mass is 350 g/mol. The second-order valence-corrected chi connectivity index (χ2v) is 7.82. The predicted molar refractivity (Wildman–Crippen MR) is 95.0 cm³/mol. The molecule has 122 valence electrons. The summed E-state index contributed by atoms with van der Waals surface area (Å²) in [5.74, 6) is 1.06. The van der Waals surface area contributed by atoms with Crippen LogP contribution in [-0.4, -0.2) is 39.5 Å². The normalized spacial score (nSPS) is 17.7. The van der Waals surface area contributed by atoms with Gasteiger partial charge in [0.05, 0.1) is 16.8 Å². The number of aromatic nitrogens is 1. The van der Waals surface area contributed by atoms with Crippen LogP contribution in [0.15, 0.2) is 23.2 Å². The molecule has 1 aromatic carbocycles. The van der Waals surface area contributed by atoms with E-state index in [1.165, 1.54) is 23.1 Å². The lowest BCUT2D eigenvalue weighted by molar-refractivity contribution is -0.137. The molecule has 1 aliphatic heterocycles. The maximum Gasteiger partial charge on any atom is 0.329 e. The number of nitrogens with zero attached hydrogens (tertiary/aromatic N) is 2. The fourth-order valence-electron chi connectivity index (χ4n) is 2.12. The topological polar surface area (TPSA) is 71.8 Å². The van der Waals surface area contributed by atoms with Gasteiger partial charge in [0.25, 0.3) is 0 Å². The van der Waals surface area contributed by atoms with E-state index in [0.717, 1.165) is 32.4 Å². The number of aliphatic imine (C=N–C) groups is 1. The minimum Gasteiger partial charge on any atom is -0.494 e. The van der Waals surface area contributed by atoms with Gasteiger partial charge in [-0.05, 0) is 30.5 Å². The van der Waals surface area contributed by atoms with Gasteiger partial charge in [-0.1, -0.05) is 13.8 Å². The number of ether oxygens (including phenoxy) is 1. The van der Waals surface area contributed by atoms with E-state index in [1.807, 2.05) is 18.2 Å². The van der Waals surface area contributed by atoms with Crippen LogP contribution in [0.1, 0.15) is 25.3 Å². The molecule has 3 rings (SSSR count). The maximum atomic E-state index is 11.0. The molecule has 1 atom stereocenters. The first kappa shape index (κ1) is 16.3. The number of carboxylic acids is 1. The van der Waals surface area contributed by atoms with Crippen molar-refractivity contribution < 1.29 is 14.6 Å². The molecule has 5 nitrogen and oxygen atoms in total. The molecular weight excluding hydrogens is 332 g/mol. The van der Waals surface area contributed by atoms with E-state index in [-0.39, 0.29) is 0 Å². The summed E-state index contributed by atoms with van der Waals surface area (Å²) < 4.78 is 6.81. The van der Waals surface area contributed by atoms with Crippen LogP contribution in [0.3, 0.4) is 0 Å². The summed E-state index contributed by atoms with van der Waals surface area (Å²) in [6.07, 6.45) is 1.02. The summed E-state index contributed by atoms with van der Waals surface area (Å²) >= 11 is 2.98. The molecule has 0 saturated heterocycles. The molecule has 2 aromatic rings. The summed E-state index contributed by atoms with van der Waals surface area (Å²) in [6, 6.07) is 5.20. The highest BCUT2D eigenvalue weighted by Crippen LogP contribution is 2.31. The number of benzene rings is 1. The van der Waals surface area contributed by atoms with Gasteiger partial charge in [-0.25, -0.2) is 9.78 Å². The summed E-state index contributed by atoms with van der Waals surface area (Å²) in [4.78, 5) is 19.8. The van der Waals surface area contributed by atoms with Crippen molar-refractivity contribution in [2.45, 2.75) is 26.3 Å². The molecule has 0 radical (unpaired) electrons. The molecular formula is C16H18N2O3S2. The van der Waals surface area contributed by atoms with Crippen LogP contribution >= 0.6 is 23.1 Å². The Balaban J connectivity index is 1.77. The zero-order valence-corrected chi connectivity index (χ0v) is 14.6. The Kier molecular flexibility index (Phi) is 4.87. The van der Waals surface area contributed by atoms with Crippen LogP contribution < -0.4 is 4.74 Å². The van der Waals surface area contributed by atoms with Crippen molar-refractivity contribution in [3.63, 3.8) is 0 Å². The Morgan fingerprint density at radius 1 is 1.48 bits per heavy atom. The molecule has 0 spiro atoms. The Hall–Kier alpha value is -1.60. The van der Waals surface area contributed by atoms with Gasteiger partial charge in [0.15, 0.2) is 6.04 Å². The highest BCUT2D eigenvalue weighted by molar-refractivity contribution is 8.15. The van der Waals surface area contributed by atoms with Crippen molar-refractivity contribution in [1.82, 2.24) is 4.98 Å². The van der Waals surface area contributed by atoms with E-state index in [0.29, 0.717) is 18.3 Å². The number of rotatable bonds is 6. The highest BCUT2D eigenvalue weighted by Gasteiger charge is 2.26. The molecule has 1 aliphatic rings. The van der Waals surface area contributed by atoms with Gasteiger partial charge in [-0.2, -0.15) is 0 Å². The van der Waals surface area contributed by atoms with Crippen LogP contribution in [0.4, 0.5) is 0 Å². The molecule has 1 aromatic heterocycles. The number of thioether (sulfide) groups is 1. The van der Waals surface area contributed by atoms with Gasteiger partial charge >= 0.3 is 5.97 Å². The summed E-state index contributed by atoms with van der Waals surface area (Å²) in [6.45, 7) is 5.05. The van der Waals surface area contributed by atoms with E-state index >= 15 is 0 Å². The number of carboxylic acid groups (broad SMARTS) is 1. The smallest absolute Gasteiger partial charge is 0.329 e. The van der Waals surface area contributed by atoms with Crippen molar-refractivity contribution in [3.8, 4) is 5.75 Å². The van der Waals surface area contributed by atoms with Gasteiger partial charge in [0, 0.05) is 5.75 Å². The van der Waals surface area contributed by atoms with Gasteiger partial charge in [0.1, 0.15) is 15.8 Å². The lowest BCUT2D eigenvalue weighted by Gasteiger charge is -2.07. The number of carbonyl (C=O) groups is 1. The van der Waals surface area contributed by atoms with E-state index in [4.69, 9.17) is 9.84 Å². The molecule has 23 heavy (non-hydrogen) atoms. The zero-order valence-electron chi connectivity index (χ0n) is 13.0. The predicted octanol–water partition coefficient (Wildman–Crippen LogP) is 3.67. The SMILES string of the molecule is CC(C)CCOc1ccc2nc(C3=NC(C(=O)O)CS3)sc2c1. The third-order valence-electron chi connectivity index (χ3n) is 3.44. The van der Waals surface area contributed by atoms with E-state index in [9.17, 15) is 4.79 Å². The van der Waals surface area contributed by atoms with Crippen molar-refractivity contribution in [1.29, 1.82) is 0 Å². The Morgan fingerprint density at radius 3 is 3.00 bits per heavy atom. The molecule has 0 bridgehead atoms. The second-order valence-electron chi connectivity index (χ2n) is 5.78. The van der Waals surface area contributed by atoms with Crippen molar-refractivity contribution in [2.75, 3.05) is 12.4 Å². The largest absolute Gasteiger partial charge is 0.494 e. The number of aliphatic carboxylic acids is 1. The summed E-state index contributed by atoms with van der Waals surface area (Å²) in [7, 11) is 0. The number of thiazole rings is 1. The van der Waals surface area contributed by atoms with Gasteiger partial charge in [-0.3, -0.25) is 4.99 Å².